The van der Waals surface area contributed by atoms with Crippen LogP contribution in [0, 0.1) is 6.92 Å². The third-order valence-corrected chi connectivity index (χ3v) is 4.78. The fourth-order valence-electron chi connectivity index (χ4n) is 3.36. The molecule has 0 spiro atoms. The number of pyridine rings is 1. The van der Waals surface area contributed by atoms with E-state index in [2.05, 4.69) is 15.3 Å². The second-order valence-electron chi connectivity index (χ2n) is 6.80. The monoisotopic (exact) mass is 391 g/mol. The van der Waals surface area contributed by atoms with Gasteiger partial charge in [-0.05, 0) is 43.2 Å². The topological polar surface area (TPSA) is 88.3 Å². The van der Waals surface area contributed by atoms with Crippen molar-refractivity contribution in [2.45, 2.75) is 31.9 Å². The van der Waals surface area contributed by atoms with Gasteiger partial charge in [-0.15, -0.1) is 0 Å². The summed E-state index contributed by atoms with van der Waals surface area (Å²) in [5.74, 6) is -0.122. The quantitative estimate of drug-likeness (QED) is 0.691. The summed E-state index contributed by atoms with van der Waals surface area (Å²) in [6.07, 6.45) is -3.54. The fraction of sp³-hybridized carbons (Fsp3) is 0.316. The second kappa shape index (κ2) is 6.50. The van der Waals surface area contributed by atoms with Gasteiger partial charge in [-0.3, -0.25) is 4.79 Å². The molecule has 9 heteroatoms. The molecule has 0 aliphatic carbocycles. The Hall–Kier alpha value is -3.10. The molecule has 0 bridgehead atoms. The highest BCUT2D eigenvalue weighted by molar-refractivity contribution is 5.78. The molecule has 1 aromatic carbocycles. The van der Waals surface area contributed by atoms with Crippen LogP contribution < -0.4 is 5.32 Å². The summed E-state index contributed by atoms with van der Waals surface area (Å²) in [7, 11) is 0. The summed E-state index contributed by atoms with van der Waals surface area (Å²) >= 11 is 0. The van der Waals surface area contributed by atoms with E-state index in [9.17, 15) is 23.1 Å². The number of hydrogen-bond acceptors (Lipinski definition) is 5. The Bertz CT molecular complexity index is 1040. The van der Waals surface area contributed by atoms with Crippen molar-refractivity contribution in [3.05, 3.63) is 41.3 Å². The van der Waals surface area contributed by atoms with Gasteiger partial charge in [0.2, 0.25) is 11.8 Å². The number of piperidine rings is 1. The minimum absolute atomic E-state index is 0.0129. The fourth-order valence-corrected chi connectivity index (χ4v) is 3.36. The summed E-state index contributed by atoms with van der Waals surface area (Å²) in [6.45, 7) is 1.91. The lowest BCUT2D eigenvalue weighted by molar-refractivity contribution is -0.137. The summed E-state index contributed by atoms with van der Waals surface area (Å²) in [6, 6.07) is 4.84. The lowest BCUT2D eigenvalue weighted by atomic mass is 9.99. The van der Waals surface area contributed by atoms with E-state index in [0.29, 0.717) is 48.3 Å². The van der Waals surface area contributed by atoms with E-state index in [0.717, 1.165) is 6.07 Å². The van der Waals surface area contributed by atoms with Crippen LogP contribution in [0.2, 0.25) is 0 Å². The molecular weight excluding hydrogens is 375 g/mol. The van der Waals surface area contributed by atoms with Gasteiger partial charge in [-0.2, -0.15) is 18.2 Å². The average molecular weight is 391 g/mol. The van der Waals surface area contributed by atoms with Crippen molar-refractivity contribution < 1.29 is 27.5 Å². The van der Waals surface area contributed by atoms with Crippen molar-refractivity contribution in [2.75, 3.05) is 6.54 Å². The largest absolute Gasteiger partial charge is 0.507 e. The number of aromatic hydroxyl groups is 1. The number of carbonyl (C=O) groups excluding carboxylic acids is 1. The molecular formula is C19H16F3N3O3. The van der Waals surface area contributed by atoms with E-state index < -0.39 is 17.5 Å². The van der Waals surface area contributed by atoms with Gasteiger partial charge in [0.15, 0.2) is 11.2 Å². The normalized spacial score (nSPS) is 17.7. The standard InChI is InChI=1S/C19H16F3N3O3/c1-9-6-11(19(20,21)22)7-13(26)16(9)12-3-4-14-17(24-12)25-18(28-14)10-2-5-15(27)23-8-10/h3-4,6-7,10,26H,2,5,8H2,1H3,(H,23,27). The SMILES string of the molecule is Cc1cc(C(F)(F)F)cc(O)c1-c1ccc2oc(C3CCC(=O)NC3)nc2n1. The second-order valence-corrected chi connectivity index (χ2v) is 6.80. The predicted octanol–water partition coefficient (Wildman–Crippen LogP) is 3.92. The van der Waals surface area contributed by atoms with Gasteiger partial charge in [0.25, 0.3) is 0 Å². The highest BCUT2D eigenvalue weighted by atomic mass is 19.4. The van der Waals surface area contributed by atoms with Crippen LogP contribution in [0.15, 0.2) is 28.7 Å². The van der Waals surface area contributed by atoms with Crippen molar-refractivity contribution in [1.29, 1.82) is 0 Å². The number of amides is 1. The highest BCUT2D eigenvalue weighted by Gasteiger charge is 2.32. The van der Waals surface area contributed by atoms with Gasteiger partial charge in [-0.1, -0.05) is 0 Å². The lowest BCUT2D eigenvalue weighted by Gasteiger charge is -2.18. The number of alkyl halides is 3. The van der Waals surface area contributed by atoms with Crippen molar-refractivity contribution in [2.24, 2.45) is 0 Å². The first-order valence-corrected chi connectivity index (χ1v) is 8.68. The molecule has 3 heterocycles. The number of aromatic nitrogens is 2. The zero-order valence-electron chi connectivity index (χ0n) is 14.8. The van der Waals surface area contributed by atoms with E-state index >= 15 is 0 Å². The summed E-state index contributed by atoms with van der Waals surface area (Å²) in [5, 5.41) is 12.9. The first-order valence-electron chi connectivity index (χ1n) is 8.68. The minimum atomic E-state index is -4.55. The van der Waals surface area contributed by atoms with Crippen LogP contribution in [0.1, 0.15) is 35.8 Å². The Morgan fingerprint density at radius 2 is 2.04 bits per heavy atom. The third-order valence-electron chi connectivity index (χ3n) is 4.78. The van der Waals surface area contributed by atoms with Gasteiger partial charge in [0.1, 0.15) is 5.75 Å². The Kier molecular flexibility index (Phi) is 4.24. The average Bonchev–Trinajstić information content (AvgIpc) is 3.04. The van der Waals surface area contributed by atoms with E-state index in [1.54, 1.807) is 12.1 Å². The molecule has 1 saturated heterocycles. The number of phenolic OH excluding ortho intramolecular Hbond substituents is 1. The minimum Gasteiger partial charge on any atom is -0.507 e. The highest BCUT2D eigenvalue weighted by Crippen LogP contribution is 2.39. The Morgan fingerprint density at radius 3 is 2.68 bits per heavy atom. The number of phenols is 1. The predicted molar refractivity (Wildman–Crippen MR) is 93.6 cm³/mol. The molecule has 1 amide bonds. The third kappa shape index (κ3) is 3.28. The number of carbonyl (C=O) groups is 1. The Morgan fingerprint density at radius 1 is 1.25 bits per heavy atom. The van der Waals surface area contributed by atoms with Crippen molar-refractivity contribution in [3.8, 4) is 17.0 Å². The zero-order valence-corrected chi connectivity index (χ0v) is 14.8. The number of halogens is 3. The van der Waals surface area contributed by atoms with Gasteiger partial charge in [0, 0.05) is 18.5 Å². The number of rotatable bonds is 2. The number of benzene rings is 1. The van der Waals surface area contributed by atoms with E-state index in [-0.39, 0.29) is 23.0 Å². The van der Waals surface area contributed by atoms with Crippen LogP contribution in [0.3, 0.4) is 0 Å². The summed E-state index contributed by atoms with van der Waals surface area (Å²) in [5.41, 5.74) is 0.563. The van der Waals surface area contributed by atoms with E-state index in [1.165, 1.54) is 6.92 Å². The van der Waals surface area contributed by atoms with Crippen LogP contribution in [0.5, 0.6) is 5.75 Å². The smallest absolute Gasteiger partial charge is 0.416 e. The van der Waals surface area contributed by atoms with E-state index in [1.807, 2.05) is 0 Å². The van der Waals surface area contributed by atoms with Crippen LogP contribution >= 0.6 is 0 Å². The molecule has 146 valence electrons. The van der Waals surface area contributed by atoms with Crippen molar-refractivity contribution >= 4 is 17.1 Å². The maximum Gasteiger partial charge on any atom is 0.416 e. The number of fused-ring (bicyclic) bond motifs is 1. The Balaban J connectivity index is 1.71. The zero-order chi connectivity index (χ0) is 20.1. The molecule has 1 fully saturated rings. The van der Waals surface area contributed by atoms with Gasteiger partial charge < -0.3 is 14.8 Å². The first-order chi connectivity index (χ1) is 13.2. The van der Waals surface area contributed by atoms with Gasteiger partial charge in [0.05, 0.1) is 17.2 Å². The van der Waals surface area contributed by atoms with Crippen LogP contribution in [0.25, 0.3) is 22.5 Å². The maximum atomic E-state index is 12.9. The molecule has 2 aromatic heterocycles. The molecule has 4 rings (SSSR count). The molecule has 1 aliphatic heterocycles. The molecule has 1 aliphatic rings. The molecule has 0 saturated carbocycles. The first kappa shape index (κ1) is 18.3. The number of aryl methyl sites for hydroxylation is 1. The molecule has 2 N–H and O–H groups in total. The molecule has 1 unspecified atom stereocenters. The number of oxazole rings is 1. The van der Waals surface area contributed by atoms with Crippen molar-refractivity contribution in [1.82, 2.24) is 15.3 Å². The van der Waals surface area contributed by atoms with Crippen LogP contribution in [0.4, 0.5) is 13.2 Å². The lowest BCUT2D eigenvalue weighted by Crippen LogP contribution is -2.33. The summed E-state index contributed by atoms with van der Waals surface area (Å²) < 4.78 is 44.5. The summed E-state index contributed by atoms with van der Waals surface area (Å²) in [4.78, 5) is 20.0. The number of hydrogen-bond donors (Lipinski definition) is 2. The van der Waals surface area contributed by atoms with Crippen LogP contribution in [-0.2, 0) is 11.0 Å². The molecule has 6 nitrogen and oxygen atoms in total. The number of nitrogens with one attached hydrogen (secondary N) is 1. The molecule has 1 atom stereocenters. The van der Waals surface area contributed by atoms with Gasteiger partial charge in [-0.25, -0.2) is 4.98 Å². The van der Waals surface area contributed by atoms with E-state index in [4.69, 9.17) is 4.42 Å². The molecule has 3 aromatic rings. The Labute approximate surface area is 157 Å². The van der Waals surface area contributed by atoms with Gasteiger partial charge >= 0.3 is 6.18 Å². The maximum absolute atomic E-state index is 12.9. The van der Waals surface area contributed by atoms with Crippen LogP contribution in [-0.4, -0.2) is 27.5 Å². The molecule has 28 heavy (non-hydrogen) atoms. The molecule has 0 radical (unpaired) electrons. The number of nitrogens with zero attached hydrogens (tertiary/aromatic N) is 2. The van der Waals surface area contributed by atoms with Crippen molar-refractivity contribution in [3.63, 3.8) is 0 Å².